The van der Waals surface area contributed by atoms with Crippen LogP contribution in [0.4, 0.5) is 14.5 Å². The average Bonchev–Trinajstić information content (AvgIpc) is 3.24. The molecule has 3 N–H and O–H groups in total. The summed E-state index contributed by atoms with van der Waals surface area (Å²) in [6.45, 7) is 5.97. The number of benzene rings is 2. The molecule has 0 saturated heterocycles. The van der Waals surface area contributed by atoms with Gasteiger partial charge in [0.05, 0.1) is 26.6 Å². The molecule has 0 saturated carbocycles. The Hall–Kier alpha value is -3.05. The van der Waals surface area contributed by atoms with Crippen molar-refractivity contribution in [3.63, 3.8) is 0 Å². The second-order valence-electron chi connectivity index (χ2n) is 8.06. The number of nitrogens with zero attached hydrogens (tertiary/aromatic N) is 1. The van der Waals surface area contributed by atoms with E-state index in [0.29, 0.717) is 21.7 Å². The molecule has 0 aliphatic carbocycles. The van der Waals surface area contributed by atoms with Gasteiger partial charge in [-0.3, -0.25) is 9.27 Å². The summed E-state index contributed by atoms with van der Waals surface area (Å²) in [5, 5.41) is 19.0. The highest BCUT2D eigenvalue weighted by Crippen LogP contribution is 2.37. The van der Waals surface area contributed by atoms with Crippen molar-refractivity contribution in [3.8, 4) is 33.4 Å². The van der Waals surface area contributed by atoms with E-state index in [4.69, 9.17) is 4.55 Å². The Balaban J connectivity index is 0.000000572. The van der Waals surface area contributed by atoms with Gasteiger partial charge in [0.2, 0.25) is 10.0 Å². The average molecular weight is 559 g/mol. The van der Waals surface area contributed by atoms with Gasteiger partial charge >= 0.3 is 0 Å². The van der Waals surface area contributed by atoms with E-state index in [2.05, 4.69) is 4.72 Å². The minimum atomic E-state index is -3.74. The maximum Gasteiger partial charge on any atom is 0.267 e. The molecule has 0 spiro atoms. The van der Waals surface area contributed by atoms with Gasteiger partial charge in [-0.2, -0.15) is 13.7 Å². The maximum atomic E-state index is 14.0. The molecule has 1 heterocycles. The number of rotatable bonds is 6. The highest BCUT2D eigenvalue weighted by Gasteiger charge is 2.21. The normalized spacial score (nSPS) is 11.7. The van der Waals surface area contributed by atoms with Gasteiger partial charge in [0, 0.05) is 5.56 Å². The Morgan fingerprint density at radius 1 is 0.972 bits per heavy atom. The molecule has 13 heteroatoms. The van der Waals surface area contributed by atoms with E-state index in [1.807, 2.05) is 0 Å². The van der Waals surface area contributed by atoms with E-state index < -0.39 is 53.6 Å². The largest absolute Gasteiger partial charge is 0.503 e. The molecule has 2 aromatic carbocycles. The van der Waals surface area contributed by atoms with Gasteiger partial charge in [-0.15, -0.1) is 11.3 Å². The number of phenolic OH excluding ortho intramolecular Hbond substituents is 1. The topological polar surface area (TPSA) is 145 Å². The molecule has 194 valence electrons. The highest BCUT2D eigenvalue weighted by atomic mass is 32.2. The number of nitriles is 1. The van der Waals surface area contributed by atoms with Crippen LogP contribution in [0.5, 0.6) is 5.75 Å². The lowest BCUT2D eigenvalue weighted by Gasteiger charge is -2.12. The first-order valence-corrected chi connectivity index (χ1v) is 14.3. The Kier molecular flexibility index (Phi) is 9.19. The maximum absolute atomic E-state index is 14.0. The third-order valence-electron chi connectivity index (χ3n) is 4.90. The van der Waals surface area contributed by atoms with Crippen LogP contribution >= 0.6 is 11.3 Å². The molecular weight excluding hydrogens is 534 g/mol. The molecule has 36 heavy (non-hydrogen) atoms. The van der Waals surface area contributed by atoms with Crippen LogP contribution in [0.3, 0.4) is 0 Å². The fourth-order valence-corrected chi connectivity index (χ4v) is 4.27. The minimum absolute atomic E-state index is 0.0127. The van der Waals surface area contributed by atoms with Crippen LogP contribution in [0.2, 0.25) is 0 Å². The summed E-state index contributed by atoms with van der Waals surface area (Å²) in [5.41, 5.74) is 1.07. The van der Waals surface area contributed by atoms with Crippen LogP contribution in [0, 0.1) is 23.0 Å². The van der Waals surface area contributed by atoms with E-state index in [1.54, 1.807) is 55.6 Å². The van der Waals surface area contributed by atoms with Crippen molar-refractivity contribution >= 4 is 37.2 Å². The first-order chi connectivity index (χ1) is 16.6. The van der Waals surface area contributed by atoms with Gasteiger partial charge in [-0.1, -0.05) is 24.3 Å². The number of thiophene rings is 1. The smallest absolute Gasteiger partial charge is 0.267 e. The van der Waals surface area contributed by atoms with Gasteiger partial charge in [-0.25, -0.2) is 17.2 Å². The summed E-state index contributed by atoms with van der Waals surface area (Å²) in [4.78, 5) is 0.685. The van der Waals surface area contributed by atoms with Crippen molar-refractivity contribution in [1.82, 2.24) is 0 Å². The fraction of sp³-hybridized carbons (Fsp3) is 0.261. The first-order valence-electron chi connectivity index (χ1n) is 10.4. The second-order valence-corrected chi connectivity index (χ2v) is 13.2. The number of halogens is 2. The lowest BCUT2D eigenvalue weighted by molar-refractivity contribution is 0.396. The third-order valence-corrected chi connectivity index (χ3v) is 8.80. The van der Waals surface area contributed by atoms with E-state index in [0.717, 1.165) is 6.07 Å². The number of nitrogens with one attached hydrogen (secondary N) is 1. The summed E-state index contributed by atoms with van der Waals surface area (Å²) in [7, 11) is -7.25. The summed E-state index contributed by atoms with van der Waals surface area (Å²) in [5.74, 6) is -3.66. The molecule has 3 aromatic rings. The molecule has 0 fully saturated rings. The third kappa shape index (κ3) is 6.79. The van der Waals surface area contributed by atoms with E-state index in [1.165, 1.54) is 25.2 Å². The van der Waals surface area contributed by atoms with Gasteiger partial charge in [0.25, 0.3) is 10.1 Å². The quantitative estimate of drug-likeness (QED) is 0.345. The van der Waals surface area contributed by atoms with Crippen LogP contribution in [0.15, 0.2) is 41.8 Å². The van der Waals surface area contributed by atoms with E-state index in [9.17, 15) is 36.0 Å². The number of aromatic hydroxyl groups is 1. The fourth-order valence-electron chi connectivity index (χ4n) is 2.63. The van der Waals surface area contributed by atoms with Crippen LogP contribution in [0.25, 0.3) is 21.6 Å². The number of hydrogen-bond donors (Lipinski definition) is 3. The number of sulfonamides is 1. The van der Waals surface area contributed by atoms with E-state index in [-0.39, 0.29) is 5.56 Å². The zero-order valence-corrected chi connectivity index (χ0v) is 22.1. The molecular formula is C23H24F2N2O6S3. The molecule has 0 radical (unpaired) electrons. The summed E-state index contributed by atoms with van der Waals surface area (Å²) in [6, 6.07) is 10.7. The Morgan fingerprint density at radius 3 is 1.97 bits per heavy atom. The number of anilines is 1. The molecule has 0 bridgehead atoms. The van der Waals surface area contributed by atoms with Crippen LogP contribution < -0.4 is 4.72 Å². The van der Waals surface area contributed by atoms with Crippen molar-refractivity contribution < 1.29 is 35.3 Å². The molecule has 0 aliphatic rings. The molecule has 0 aliphatic heterocycles. The lowest BCUT2D eigenvalue weighted by atomic mass is 9.98. The summed E-state index contributed by atoms with van der Waals surface area (Å²) in [6.07, 6.45) is 0. The predicted molar refractivity (Wildman–Crippen MR) is 136 cm³/mol. The van der Waals surface area contributed by atoms with Gasteiger partial charge < -0.3 is 5.11 Å². The van der Waals surface area contributed by atoms with Gasteiger partial charge in [0.15, 0.2) is 17.4 Å². The molecule has 0 amide bonds. The van der Waals surface area contributed by atoms with Crippen LogP contribution in [0.1, 0.15) is 33.3 Å². The zero-order valence-electron chi connectivity index (χ0n) is 19.7. The van der Waals surface area contributed by atoms with Crippen molar-refractivity contribution in [2.24, 2.45) is 0 Å². The number of hydrogen-bond acceptors (Lipinski definition) is 7. The van der Waals surface area contributed by atoms with Crippen molar-refractivity contribution in [3.05, 3.63) is 59.0 Å². The summed E-state index contributed by atoms with van der Waals surface area (Å²) < 4.78 is 82.5. The molecule has 3 rings (SSSR count). The molecule has 8 nitrogen and oxygen atoms in total. The summed E-state index contributed by atoms with van der Waals surface area (Å²) >= 11 is 1.34. The Bertz CT molecular complexity index is 1490. The Morgan fingerprint density at radius 2 is 1.50 bits per heavy atom. The van der Waals surface area contributed by atoms with Gasteiger partial charge in [0.1, 0.15) is 6.07 Å². The van der Waals surface area contributed by atoms with Gasteiger partial charge in [-0.05, 0) is 56.3 Å². The van der Waals surface area contributed by atoms with Crippen molar-refractivity contribution in [1.29, 1.82) is 5.26 Å². The van der Waals surface area contributed by atoms with E-state index >= 15 is 0 Å². The number of phenols is 1. The zero-order chi connectivity index (χ0) is 27.4. The molecule has 0 unspecified atom stereocenters. The highest BCUT2D eigenvalue weighted by molar-refractivity contribution is 7.93. The second kappa shape index (κ2) is 11.3. The molecule has 1 aromatic heterocycles. The SMILES string of the molecule is CC(C)S(=O)(=O)Nc1ccsc1-c1ccc(-c2cc(F)c(O)c(F)c2C#N)cc1.CC(C)S(=O)(=O)O. The molecule has 0 atom stereocenters. The van der Waals surface area contributed by atoms with Crippen molar-refractivity contribution in [2.45, 2.75) is 38.2 Å². The monoisotopic (exact) mass is 558 g/mol. The standard InChI is InChI=1S/C20H16F2N2O3S2.C3H8O3S/c1-11(2)29(26,27)24-17-7-8-28-20(17)13-5-3-12(4-6-13)14-9-16(21)19(25)18(22)15(14)10-23;1-3(2)7(4,5)6/h3-9,11,24-25H,1-2H3;3H,1-2H3,(H,4,5,6). The predicted octanol–water partition coefficient (Wildman–Crippen LogP) is 5.37. The van der Waals surface area contributed by atoms with Crippen molar-refractivity contribution in [2.75, 3.05) is 4.72 Å². The minimum Gasteiger partial charge on any atom is -0.503 e. The Labute approximate surface area is 212 Å². The first kappa shape index (κ1) is 29.2. The van der Waals surface area contributed by atoms with Crippen LogP contribution in [-0.4, -0.2) is 37.0 Å². The van der Waals surface area contributed by atoms with Crippen LogP contribution in [-0.2, 0) is 20.1 Å². The lowest BCUT2D eigenvalue weighted by Crippen LogP contribution is -2.22.